The largest absolute Gasteiger partial charge is 0.478 e. The van der Waals surface area contributed by atoms with Crippen LogP contribution in [0.4, 0.5) is 0 Å². The summed E-state index contributed by atoms with van der Waals surface area (Å²) in [6.45, 7) is 4.10. The highest BCUT2D eigenvalue weighted by Crippen LogP contribution is 2.38. The minimum atomic E-state index is -0.863. The van der Waals surface area contributed by atoms with Gasteiger partial charge >= 0.3 is 5.97 Å². The highest BCUT2D eigenvalue weighted by molar-refractivity contribution is 5.89. The van der Waals surface area contributed by atoms with Crippen LogP contribution in [0.15, 0.2) is 84.9 Å². The number of benzene rings is 4. The first kappa shape index (κ1) is 24.0. The third-order valence-electron chi connectivity index (χ3n) is 7.09. The van der Waals surface area contributed by atoms with Crippen LogP contribution in [-0.2, 0) is 6.42 Å². The van der Waals surface area contributed by atoms with Crippen LogP contribution in [0.25, 0.3) is 10.8 Å². The molecule has 0 heterocycles. The molecule has 4 aromatic carbocycles. The topological polar surface area (TPSA) is 49.3 Å². The monoisotopic (exact) mass is 471 g/mol. The van der Waals surface area contributed by atoms with Gasteiger partial charge in [-0.2, -0.15) is 0 Å². The van der Waals surface area contributed by atoms with Crippen LogP contribution in [0, 0.1) is 6.92 Å². The van der Waals surface area contributed by atoms with Crippen molar-refractivity contribution in [1.82, 2.24) is 5.32 Å². The first-order valence-electron chi connectivity index (χ1n) is 11.7. The van der Waals surface area contributed by atoms with Gasteiger partial charge in [-0.15, -0.1) is 12.4 Å². The molecule has 0 aliphatic heterocycles. The fraction of sp³-hybridized carbons (Fsp3) is 0.233. The Kier molecular flexibility index (Phi) is 7.06. The number of nitrogens with one attached hydrogen (secondary N) is 1. The van der Waals surface area contributed by atoms with E-state index in [2.05, 4.69) is 85.0 Å². The SMILES string of the molecule is Cc1ccc(C2CC(N[C@H](C)c3cccc4ccccc34)Cc3ccccc32)cc1C(=O)O.Cl. The van der Waals surface area contributed by atoms with E-state index in [-0.39, 0.29) is 24.4 Å². The van der Waals surface area contributed by atoms with Gasteiger partial charge in [0.05, 0.1) is 5.56 Å². The molecule has 4 heteroatoms. The van der Waals surface area contributed by atoms with Gasteiger partial charge in [0.15, 0.2) is 0 Å². The lowest BCUT2D eigenvalue weighted by molar-refractivity contribution is 0.0696. The first-order chi connectivity index (χ1) is 16.0. The molecule has 4 aromatic rings. The van der Waals surface area contributed by atoms with Crippen molar-refractivity contribution in [2.45, 2.75) is 44.7 Å². The predicted molar refractivity (Wildman–Crippen MR) is 141 cm³/mol. The van der Waals surface area contributed by atoms with Gasteiger partial charge in [0.25, 0.3) is 0 Å². The molecule has 0 saturated heterocycles. The van der Waals surface area contributed by atoms with E-state index in [0.29, 0.717) is 11.6 Å². The van der Waals surface area contributed by atoms with Gasteiger partial charge in [-0.3, -0.25) is 0 Å². The minimum Gasteiger partial charge on any atom is -0.478 e. The zero-order valence-electron chi connectivity index (χ0n) is 19.5. The number of carbonyl (C=O) groups is 1. The summed E-state index contributed by atoms with van der Waals surface area (Å²) in [6.07, 6.45) is 1.91. The van der Waals surface area contributed by atoms with Gasteiger partial charge in [0.1, 0.15) is 0 Å². The molecule has 0 bridgehead atoms. The van der Waals surface area contributed by atoms with E-state index in [1.165, 1.54) is 27.5 Å². The quantitative estimate of drug-likeness (QED) is 0.327. The summed E-state index contributed by atoms with van der Waals surface area (Å²) in [5, 5.41) is 16.1. The number of carboxylic acids is 1. The van der Waals surface area contributed by atoms with E-state index in [0.717, 1.165) is 24.0 Å². The predicted octanol–water partition coefficient (Wildman–Crippen LogP) is 7.07. The molecule has 1 aliphatic carbocycles. The number of rotatable bonds is 5. The molecule has 0 aromatic heterocycles. The standard InChI is InChI=1S/C30H29NO2.ClH/c1-19-14-15-23(17-28(19)30(32)33)29-18-24(16-22-9-4-6-12-27(22)29)31-20(2)25-13-7-10-21-8-3-5-11-26(21)25;/h3-15,17,20,24,29,31H,16,18H2,1-2H3,(H,32,33);1H/t20-,24?,29?;/m1./s1. The van der Waals surface area contributed by atoms with Gasteiger partial charge in [0.2, 0.25) is 0 Å². The van der Waals surface area contributed by atoms with Crippen LogP contribution >= 0.6 is 12.4 Å². The lowest BCUT2D eigenvalue weighted by atomic mass is 9.76. The number of hydrogen-bond donors (Lipinski definition) is 2. The van der Waals surface area contributed by atoms with E-state index in [4.69, 9.17) is 0 Å². The average molecular weight is 472 g/mol. The molecule has 0 fully saturated rings. The van der Waals surface area contributed by atoms with Crippen molar-refractivity contribution in [2.75, 3.05) is 0 Å². The zero-order valence-corrected chi connectivity index (χ0v) is 20.3. The molecule has 2 N–H and O–H groups in total. The highest BCUT2D eigenvalue weighted by atomic mass is 35.5. The van der Waals surface area contributed by atoms with Crippen LogP contribution in [0.2, 0.25) is 0 Å². The molecule has 2 unspecified atom stereocenters. The van der Waals surface area contributed by atoms with Gasteiger partial charge in [-0.25, -0.2) is 4.79 Å². The second-order valence-electron chi connectivity index (χ2n) is 9.22. The van der Waals surface area contributed by atoms with E-state index in [9.17, 15) is 9.90 Å². The van der Waals surface area contributed by atoms with Crippen molar-refractivity contribution in [1.29, 1.82) is 0 Å². The molecule has 0 spiro atoms. The lowest BCUT2D eigenvalue weighted by Gasteiger charge is -2.34. The maximum Gasteiger partial charge on any atom is 0.335 e. The lowest BCUT2D eigenvalue weighted by Crippen LogP contribution is -2.38. The molecule has 0 radical (unpaired) electrons. The van der Waals surface area contributed by atoms with E-state index in [1.807, 2.05) is 19.1 Å². The smallest absolute Gasteiger partial charge is 0.335 e. The number of carboxylic acid groups (broad SMARTS) is 1. The Morgan fingerprint density at radius 1 is 0.971 bits per heavy atom. The van der Waals surface area contributed by atoms with E-state index < -0.39 is 5.97 Å². The van der Waals surface area contributed by atoms with Gasteiger partial charge < -0.3 is 10.4 Å². The Morgan fingerprint density at radius 2 is 1.71 bits per heavy atom. The number of aromatic carboxylic acids is 1. The number of fused-ring (bicyclic) bond motifs is 2. The maximum atomic E-state index is 11.8. The summed E-state index contributed by atoms with van der Waals surface area (Å²) in [7, 11) is 0. The van der Waals surface area contributed by atoms with Crippen LogP contribution < -0.4 is 5.32 Å². The molecule has 174 valence electrons. The molecule has 5 rings (SSSR count). The molecular weight excluding hydrogens is 442 g/mol. The van der Waals surface area contributed by atoms with Gasteiger partial charge in [-0.1, -0.05) is 78.9 Å². The third-order valence-corrected chi connectivity index (χ3v) is 7.09. The maximum absolute atomic E-state index is 11.8. The van der Waals surface area contributed by atoms with Gasteiger partial charge in [0, 0.05) is 18.0 Å². The summed E-state index contributed by atoms with van der Waals surface area (Å²) in [5.74, 6) is -0.691. The number of halogens is 1. The summed E-state index contributed by atoms with van der Waals surface area (Å²) in [6, 6.07) is 30.1. The molecule has 0 amide bonds. The molecule has 34 heavy (non-hydrogen) atoms. The van der Waals surface area contributed by atoms with Crippen molar-refractivity contribution in [3.8, 4) is 0 Å². The fourth-order valence-corrected chi connectivity index (χ4v) is 5.42. The molecule has 3 atom stereocenters. The minimum absolute atomic E-state index is 0. The van der Waals surface area contributed by atoms with E-state index in [1.54, 1.807) is 0 Å². The number of aryl methyl sites for hydroxylation is 1. The van der Waals surface area contributed by atoms with Crippen molar-refractivity contribution in [3.05, 3.63) is 118 Å². The van der Waals surface area contributed by atoms with E-state index >= 15 is 0 Å². The molecule has 3 nitrogen and oxygen atoms in total. The normalized spacial score (nSPS) is 18.1. The van der Waals surface area contributed by atoms with Crippen LogP contribution in [-0.4, -0.2) is 17.1 Å². The Labute approximate surface area is 207 Å². The molecule has 1 aliphatic rings. The first-order valence-corrected chi connectivity index (χ1v) is 11.7. The second-order valence-corrected chi connectivity index (χ2v) is 9.22. The van der Waals surface area contributed by atoms with Crippen molar-refractivity contribution < 1.29 is 9.90 Å². The second kappa shape index (κ2) is 10.0. The Hall–Kier alpha value is -3.14. The van der Waals surface area contributed by atoms with Crippen LogP contribution in [0.3, 0.4) is 0 Å². The highest BCUT2D eigenvalue weighted by Gasteiger charge is 2.29. The van der Waals surface area contributed by atoms with Crippen LogP contribution in [0.5, 0.6) is 0 Å². The molecular formula is C30H30ClNO2. The number of hydrogen-bond acceptors (Lipinski definition) is 2. The van der Waals surface area contributed by atoms with Crippen molar-refractivity contribution >= 4 is 29.1 Å². The fourth-order valence-electron chi connectivity index (χ4n) is 5.42. The van der Waals surface area contributed by atoms with Gasteiger partial charge in [-0.05, 0) is 71.3 Å². The summed E-state index contributed by atoms with van der Waals surface area (Å²) >= 11 is 0. The summed E-state index contributed by atoms with van der Waals surface area (Å²) in [4.78, 5) is 11.8. The van der Waals surface area contributed by atoms with Crippen molar-refractivity contribution in [2.24, 2.45) is 0 Å². The molecule has 0 saturated carbocycles. The summed E-state index contributed by atoms with van der Waals surface area (Å²) < 4.78 is 0. The van der Waals surface area contributed by atoms with Crippen LogP contribution in [0.1, 0.15) is 63.5 Å². The third kappa shape index (κ3) is 4.59. The van der Waals surface area contributed by atoms with Crippen molar-refractivity contribution in [3.63, 3.8) is 0 Å². The Bertz CT molecular complexity index is 1330. The zero-order chi connectivity index (χ0) is 22.9. The average Bonchev–Trinajstić information content (AvgIpc) is 2.83. The Morgan fingerprint density at radius 3 is 2.53 bits per heavy atom. The summed E-state index contributed by atoms with van der Waals surface area (Å²) in [5.41, 5.74) is 6.24. The Balaban J connectivity index is 0.00000274.